The van der Waals surface area contributed by atoms with E-state index in [1.54, 1.807) is 63.2 Å². The monoisotopic (exact) mass is 482 g/mol. The van der Waals surface area contributed by atoms with Crippen molar-refractivity contribution in [1.29, 1.82) is 0 Å². The lowest BCUT2D eigenvalue weighted by molar-refractivity contribution is 0.0503. The molecule has 3 aromatic rings. The van der Waals surface area contributed by atoms with Gasteiger partial charge in [0.25, 0.3) is 5.56 Å². The number of aromatic amines is 1. The number of rotatable bonds is 6. The number of alkyl carbamates (subject to hydrolysis) is 1. The summed E-state index contributed by atoms with van der Waals surface area (Å²) in [5, 5.41) is 11.9. The third-order valence-corrected chi connectivity index (χ3v) is 4.84. The van der Waals surface area contributed by atoms with Gasteiger partial charge in [-0.3, -0.25) is 10.1 Å². The summed E-state index contributed by atoms with van der Waals surface area (Å²) in [6.07, 6.45) is -1.11. The number of hydrogen-bond donors (Lipinski definition) is 3. The van der Waals surface area contributed by atoms with E-state index in [0.29, 0.717) is 28.1 Å². The van der Waals surface area contributed by atoms with E-state index >= 15 is 0 Å². The van der Waals surface area contributed by atoms with Crippen molar-refractivity contribution in [1.82, 2.24) is 15.5 Å². The Hall–Kier alpha value is -4.21. The first-order valence-corrected chi connectivity index (χ1v) is 10.8. The molecule has 184 valence electrons. The molecule has 2 aromatic carbocycles. The molecule has 0 saturated heterocycles. The van der Waals surface area contributed by atoms with E-state index in [-0.39, 0.29) is 6.42 Å². The van der Waals surface area contributed by atoms with Gasteiger partial charge >= 0.3 is 12.2 Å². The fraction of sp³-hybridized carbons (Fsp3) is 0.280. The topological polar surface area (TPSA) is 122 Å². The van der Waals surface area contributed by atoms with Gasteiger partial charge in [0.15, 0.2) is 0 Å². The Morgan fingerprint density at radius 2 is 1.80 bits per heavy atom. The highest BCUT2D eigenvalue weighted by Gasteiger charge is 2.22. The molecule has 0 bridgehead atoms. The third kappa shape index (κ3) is 7.39. The average Bonchev–Trinajstić information content (AvgIpc) is 2.79. The molecule has 0 aliphatic heterocycles. The standard InChI is InChI=1S/C25H27FN4O5/c1-25(2,3)35-24(33)28-21(16-6-5-7-17(26)12-16)14-19-13-20(22(31)30-29-19)15-8-10-18(11-9-15)27-23(32)34-4/h5-13,21H,14H2,1-4H3,(H,27,32)(H,28,33)(H,30,31)/t21-/m0/s1. The Labute approximate surface area is 201 Å². The van der Waals surface area contributed by atoms with Crippen molar-refractivity contribution in [2.45, 2.75) is 38.8 Å². The number of anilines is 1. The fourth-order valence-corrected chi connectivity index (χ4v) is 3.30. The number of halogens is 1. The van der Waals surface area contributed by atoms with Gasteiger partial charge in [-0.05, 0) is 62.2 Å². The van der Waals surface area contributed by atoms with Gasteiger partial charge in [0, 0.05) is 12.1 Å². The largest absolute Gasteiger partial charge is 0.453 e. The molecule has 0 unspecified atom stereocenters. The first kappa shape index (κ1) is 25.4. The van der Waals surface area contributed by atoms with Crippen LogP contribution >= 0.6 is 0 Å². The zero-order valence-corrected chi connectivity index (χ0v) is 19.8. The summed E-state index contributed by atoms with van der Waals surface area (Å²) < 4.78 is 23.8. The van der Waals surface area contributed by atoms with Gasteiger partial charge in [-0.2, -0.15) is 5.10 Å². The molecule has 3 N–H and O–H groups in total. The van der Waals surface area contributed by atoms with E-state index in [4.69, 9.17) is 4.74 Å². The second kappa shape index (κ2) is 10.8. The van der Waals surface area contributed by atoms with Crippen molar-refractivity contribution in [2.24, 2.45) is 0 Å². The molecule has 1 heterocycles. The van der Waals surface area contributed by atoms with Crippen LogP contribution in [0.1, 0.15) is 38.1 Å². The van der Waals surface area contributed by atoms with Crippen molar-refractivity contribution in [3.63, 3.8) is 0 Å². The Bertz CT molecular complexity index is 1250. The van der Waals surface area contributed by atoms with E-state index in [1.807, 2.05) is 0 Å². The highest BCUT2D eigenvalue weighted by molar-refractivity contribution is 5.85. The lowest BCUT2D eigenvalue weighted by Crippen LogP contribution is -2.36. The highest BCUT2D eigenvalue weighted by atomic mass is 19.1. The molecular weight excluding hydrogens is 455 g/mol. The predicted molar refractivity (Wildman–Crippen MR) is 129 cm³/mol. The van der Waals surface area contributed by atoms with E-state index in [2.05, 4.69) is 25.6 Å². The van der Waals surface area contributed by atoms with Crippen molar-refractivity contribution in [2.75, 3.05) is 12.4 Å². The minimum Gasteiger partial charge on any atom is -0.453 e. The number of nitrogens with zero attached hydrogens (tertiary/aromatic N) is 1. The third-order valence-electron chi connectivity index (χ3n) is 4.84. The first-order chi connectivity index (χ1) is 16.5. The summed E-state index contributed by atoms with van der Waals surface area (Å²) in [5.74, 6) is -0.450. The molecule has 2 amide bonds. The maximum absolute atomic E-state index is 13.9. The number of ether oxygens (including phenoxy) is 2. The Morgan fingerprint density at radius 3 is 2.43 bits per heavy atom. The molecule has 3 rings (SSSR count). The van der Waals surface area contributed by atoms with Gasteiger partial charge in [-0.1, -0.05) is 24.3 Å². The molecule has 0 saturated carbocycles. The van der Waals surface area contributed by atoms with Crippen LogP contribution in [0.25, 0.3) is 11.1 Å². The summed E-state index contributed by atoms with van der Waals surface area (Å²) >= 11 is 0. The van der Waals surface area contributed by atoms with Crippen LogP contribution in [0.2, 0.25) is 0 Å². The van der Waals surface area contributed by atoms with Gasteiger partial charge in [0.1, 0.15) is 11.4 Å². The SMILES string of the molecule is COC(=O)Nc1ccc(-c2cc(C[C@H](NC(=O)OC(C)(C)C)c3cccc(F)c3)n[nH]c2=O)cc1. The number of methoxy groups -OCH3 is 1. The van der Waals surface area contributed by atoms with Crippen LogP contribution in [0, 0.1) is 5.82 Å². The maximum atomic E-state index is 13.9. The van der Waals surface area contributed by atoms with Crippen LogP contribution in [-0.4, -0.2) is 35.1 Å². The fourth-order valence-electron chi connectivity index (χ4n) is 3.30. The number of H-pyrrole nitrogens is 1. The average molecular weight is 483 g/mol. The Morgan fingerprint density at radius 1 is 1.09 bits per heavy atom. The quantitative estimate of drug-likeness (QED) is 0.473. The summed E-state index contributed by atoms with van der Waals surface area (Å²) in [5.41, 5.74) is 1.28. The molecule has 0 aliphatic carbocycles. The van der Waals surface area contributed by atoms with Crippen molar-refractivity contribution >= 4 is 17.9 Å². The van der Waals surface area contributed by atoms with Gasteiger partial charge in [0.05, 0.1) is 24.4 Å². The molecule has 0 spiro atoms. The first-order valence-electron chi connectivity index (χ1n) is 10.8. The number of carbonyl (C=O) groups excluding carboxylic acids is 2. The summed E-state index contributed by atoms with van der Waals surface area (Å²) in [6, 6.07) is 13.4. The van der Waals surface area contributed by atoms with E-state index in [9.17, 15) is 18.8 Å². The number of hydrogen-bond acceptors (Lipinski definition) is 6. The number of amides is 2. The molecule has 0 fully saturated rings. The van der Waals surface area contributed by atoms with Crippen LogP contribution in [0.3, 0.4) is 0 Å². The van der Waals surface area contributed by atoms with E-state index in [1.165, 1.54) is 19.2 Å². The van der Waals surface area contributed by atoms with E-state index in [0.717, 1.165) is 0 Å². The van der Waals surface area contributed by atoms with Gasteiger partial charge in [-0.25, -0.2) is 19.1 Å². The summed E-state index contributed by atoms with van der Waals surface area (Å²) in [4.78, 5) is 36.3. The lowest BCUT2D eigenvalue weighted by atomic mass is 10.00. The Balaban J connectivity index is 1.88. The van der Waals surface area contributed by atoms with Crippen LogP contribution in [0.4, 0.5) is 19.7 Å². The molecule has 0 aliphatic rings. The molecular formula is C25H27FN4O5. The van der Waals surface area contributed by atoms with Crippen LogP contribution in [-0.2, 0) is 15.9 Å². The minimum atomic E-state index is -0.713. The summed E-state index contributed by atoms with van der Waals surface area (Å²) in [7, 11) is 1.26. The van der Waals surface area contributed by atoms with Gasteiger partial charge in [0.2, 0.25) is 0 Å². The van der Waals surface area contributed by atoms with Crippen LogP contribution in [0.5, 0.6) is 0 Å². The van der Waals surface area contributed by atoms with Crippen LogP contribution in [0.15, 0.2) is 59.4 Å². The van der Waals surface area contributed by atoms with Gasteiger partial charge < -0.3 is 14.8 Å². The number of aromatic nitrogens is 2. The van der Waals surface area contributed by atoms with Crippen LogP contribution < -0.4 is 16.2 Å². The number of nitrogens with one attached hydrogen (secondary N) is 3. The molecule has 0 radical (unpaired) electrons. The summed E-state index contributed by atoms with van der Waals surface area (Å²) in [6.45, 7) is 5.22. The van der Waals surface area contributed by atoms with Crippen molar-refractivity contribution in [3.8, 4) is 11.1 Å². The second-order valence-corrected chi connectivity index (χ2v) is 8.75. The maximum Gasteiger partial charge on any atom is 0.411 e. The molecule has 10 heteroatoms. The predicted octanol–water partition coefficient (Wildman–Crippen LogP) is 4.56. The van der Waals surface area contributed by atoms with Gasteiger partial charge in [-0.15, -0.1) is 0 Å². The smallest absolute Gasteiger partial charge is 0.411 e. The van der Waals surface area contributed by atoms with Crippen molar-refractivity contribution in [3.05, 3.63) is 82.0 Å². The molecule has 9 nitrogen and oxygen atoms in total. The normalized spacial score (nSPS) is 11.9. The number of benzene rings is 2. The minimum absolute atomic E-state index is 0.161. The molecule has 1 atom stereocenters. The zero-order valence-electron chi connectivity index (χ0n) is 19.8. The van der Waals surface area contributed by atoms with E-state index < -0.39 is 35.2 Å². The second-order valence-electron chi connectivity index (χ2n) is 8.75. The van der Waals surface area contributed by atoms with Crippen molar-refractivity contribution < 1.29 is 23.5 Å². The molecule has 35 heavy (non-hydrogen) atoms. The number of carbonyl (C=O) groups is 2. The molecule has 1 aromatic heterocycles. The highest BCUT2D eigenvalue weighted by Crippen LogP contribution is 2.23. The lowest BCUT2D eigenvalue weighted by Gasteiger charge is -2.24. The zero-order chi connectivity index (χ0) is 25.6. The Kier molecular flexibility index (Phi) is 7.85.